The van der Waals surface area contributed by atoms with Crippen LogP contribution in [0, 0.1) is 0 Å². The quantitative estimate of drug-likeness (QED) is 0.350. The van der Waals surface area contributed by atoms with Gasteiger partial charge in [0.05, 0.1) is 6.61 Å². The van der Waals surface area contributed by atoms with Crippen LogP contribution < -0.4 is 5.73 Å². The molecule has 12 nitrogen and oxygen atoms in total. The van der Waals surface area contributed by atoms with Gasteiger partial charge in [-0.3, -0.25) is 9.09 Å². The summed E-state index contributed by atoms with van der Waals surface area (Å²) in [4.78, 5) is 30.4. The van der Waals surface area contributed by atoms with Gasteiger partial charge in [-0.25, -0.2) is 19.5 Å². The van der Waals surface area contributed by atoms with Crippen molar-refractivity contribution in [1.29, 1.82) is 0 Å². The van der Waals surface area contributed by atoms with Crippen molar-refractivity contribution in [3.63, 3.8) is 0 Å². The predicted octanol–water partition coefficient (Wildman–Crippen LogP) is -0.446. The van der Waals surface area contributed by atoms with Crippen molar-refractivity contribution in [2.45, 2.75) is 24.5 Å². The van der Waals surface area contributed by atoms with E-state index in [1.807, 2.05) is 0 Å². The molecule has 2 aromatic rings. The van der Waals surface area contributed by atoms with Crippen molar-refractivity contribution in [2.24, 2.45) is 0 Å². The number of nitrogen functional groups attached to an aromatic ring is 1. The van der Waals surface area contributed by atoms with Gasteiger partial charge < -0.3 is 30.1 Å². The highest BCUT2D eigenvalue weighted by Gasteiger charge is 2.50. The minimum atomic E-state index is -4.84. The molecule has 1 aliphatic rings. The van der Waals surface area contributed by atoms with E-state index in [-0.39, 0.29) is 10.6 Å². The summed E-state index contributed by atoms with van der Waals surface area (Å²) in [5.74, 6) is 0.151. The number of aliphatic hydroxyl groups excluding tert-OH is 1. The van der Waals surface area contributed by atoms with Crippen LogP contribution in [0.5, 0.6) is 0 Å². The molecular formula is C11H15BrN5O7P. The second kappa shape index (κ2) is 6.85. The summed E-state index contributed by atoms with van der Waals surface area (Å²) in [6.45, 7) is -0.539. The van der Waals surface area contributed by atoms with Gasteiger partial charge in [0.2, 0.25) is 0 Å². The maximum absolute atomic E-state index is 11.2. The third-order valence-electron chi connectivity index (χ3n) is 3.71. The number of ether oxygens (including phenoxy) is 2. The fourth-order valence-electron chi connectivity index (χ4n) is 2.72. The number of hydrogen-bond acceptors (Lipinski definition) is 9. The lowest BCUT2D eigenvalue weighted by Gasteiger charge is -2.23. The fourth-order valence-corrected chi connectivity index (χ4v) is 3.84. The Hall–Kier alpha value is -1.18. The highest BCUT2D eigenvalue weighted by atomic mass is 79.9. The third kappa shape index (κ3) is 3.41. The standard InChI is InChI=1S/C11H15BrN5O7P/c1-22-7-6(24-25(19,20)21)4(2-18)23-10(7)17-9-5(16-11(17)12)8(13)14-3-15-9/h3-4,6-7,10,18H,2H2,1H3,(H2,13,14,15)(H2,19,20,21)/t4-,6-,7-,10-/m1/s1. The molecule has 1 aliphatic heterocycles. The minimum absolute atomic E-state index is 0.151. The zero-order chi connectivity index (χ0) is 18.4. The summed E-state index contributed by atoms with van der Waals surface area (Å²) in [6.07, 6.45) is -2.91. The van der Waals surface area contributed by atoms with Gasteiger partial charge >= 0.3 is 7.82 Å². The number of hydrogen-bond donors (Lipinski definition) is 4. The summed E-state index contributed by atoms with van der Waals surface area (Å²) >= 11 is 3.27. The van der Waals surface area contributed by atoms with Crippen LogP contribution in [0.25, 0.3) is 11.2 Å². The first-order valence-corrected chi connectivity index (χ1v) is 9.26. The Morgan fingerprint density at radius 1 is 1.44 bits per heavy atom. The number of aliphatic hydroxyl groups is 1. The van der Waals surface area contributed by atoms with Crippen molar-refractivity contribution in [3.8, 4) is 0 Å². The van der Waals surface area contributed by atoms with Crippen LogP contribution in [-0.2, 0) is 18.6 Å². The molecule has 1 saturated heterocycles. The highest BCUT2D eigenvalue weighted by Crippen LogP contribution is 2.45. The second-order valence-electron chi connectivity index (χ2n) is 5.19. The number of imidazole rings is 1. The van der Waals surface area contributed by atoms with Crippen LogP contribution in [0.4, 0.5) is 5.82 Å². The van der Waals surface area contributed by atoms with Gasteiger partial charge in [0.15, 0.2) is 27.9 Å². The Kier molecular flexibility index (Phi) is 5.10. The molecule has 0 spiro atoms. The van der Waals surface area contributed by atoms with Crippen LogP contribution in [-0.4, -0.2) is 66.4 Å². The van der Waals surface area contributed by atoms with E-state index in [9.17, 15) is 9.67 Å². The van der Waals surface area contributed by atoms with Crippen LogP contribution in [0.15, 0.2) is 11.1 Å². The third-order valence-corrected chi connectivity index (χ3v) is 4.79. The Labute approximate surface area is 149 Å². The molecule has 14 heteroatoms. The maximum Gasteiger partial charge on any atom is 0.470 e. The Balaban J connectivity index is 2.07. The number of methoxy groups -OCH3 is 1. The number of phosphoric acid groups is 1. The lowest BCUT2D eigenvalue weighted by atomic mass is 10.1. The van der Waals surface area contributed by atoms with E-state index in [1.165, 1.54) is 18.0 Å². The summed E-state index contributed by atoms with van der Waals surface area (Å²) in [5, 5.41) is 9.49. The average Bonchev–Trinajstić information content (AvgIpc) is 3.03. The van der Waals surface area contributed by atoms with E-state index in [0.717, 1.165) is 0 Å². The molecule has 3 rings (SSSR count). The number of anilines is 1. The fraction of sp³-hybridized carbons (Fsp3) is 0.545. The molecular weight excluding hydrogens is 425 g/mol. The number of fused-ring (bicyclic) bond motifs is 1. The Bertz CT molecular complexity index is 828. The normalized spacial score (nSPS) is 27.2. The lowest BCUT2D eigenvalue weighted by molar-refractivity contribution is -0.0594. The van der Waals surface area contributed by atoms with Crippen LogP contribution in [0.3, 0.4) is 0 Å². The Morgan fingerprint density at radius 2 is 2.16 bits per heavy atom. The zero-order valence-electron chi connectivity index (χ0n) is 12.8. The maximum atomic E-state index is 11.2. The number of rotatable bonds is 5. The number of aromatic nitrogens is 4. The van der Waals surface area contributed by atoms with E-state index in [2.05, 4.69) is 30.9 Å². The van der Waals surface area contributed by atoms with Crippen molar-refractivity contribution in [1.82, 2.24) is 19.5 Å². The van der Waals surface area contributed by atoms with Crippen LogP contribution in [0.2, 0.25) is 0 Å². The SMILES string of the molecule is CO[C@@H]1[C@H](OP(=O)(O)O)[C@@H](CO)O[C@H]1n1c(Br)nc2c(N)ncnc21. The molecule has 1 fully saturated rings. The lowest BCUT2D eigenvalue weighted by Crippen LogP contribution is -2.36. The monoisotopic (exact) mass is 439 g/mol. The van der Waals surface area contributed by atoms with Gasteiger partial charge in [0.1, 0.15) is 24.6 Å². The molecule has 0 unspecified atom stereocenters. The summed E-state index contributed by atoms with van der Waals surface area (Å²) in [7, 11) is -3.51. The first-order chi connectivity index (χ1) is 11.8. The zero-order valence-corrected chi connectivity index (χ0v) is 15.2. The largest absolute Gasteiger partial charge is 0.470 e. The van der Waals surface area contributed by atoms with E-state index < -0.39 is 39.0 Å². The van der Waals surface area contributed by atoms with Gasteiger partial charge in [-0.2, -0.15) is 0 Å². The van der Waals surface area contributed by atoms with Crippen molar-refractivity contribution in [2.75, 3.05) is 19.5 Å². The molecule has 0 amide bonds. The van der Waals surface area contributed by atoms with Gasteiger partial charge in [-0.1, -0.05) is 0 Å². The molecule has 0 bridgehead atoms. The van der Waals surface area contributed by atoms with Crippen molar-refractivity contribution in [3.05, 3.63) is 11.1 Å². The van der Waals surface area contributed by atoms with Gasteiger partial charge in [-0.05, 0) is 15.9 Å². The van der Waals surface area contributed by atoms with E-state index >= 15 is 0 Å². The number of nitrogens with zero attached hydrogens (tertiary/aromatic N) is 4. The molecule has 3 heterocycles. The van der Waals surface area contributed by atoms with Crippen LogP contribution in [0.1, 0.15) is 6.23 Å². The summed E-state index contributed by atoms with van der Waals surface area (Å²) in [5.41, 5.74) is 6.41. The number of nitrogens with two attached hydrogens (primary N) is 1. The summed E-state index contributed by atoms with van der Waals surface area (Å²) in [6, 6.07) is 0. The first kappa shape index (κ1) is 18.6. The Morgan fingerprint density at radius 3 is 2.76 bits per heavy atom. The van der Waals surface area contributed by atoms with Gasteiger partial charge in [-0.15, -0.1) is 0 Å². The molecule has 0 aromatic carbocycles. The van der Waals surface area contributed by atoms with E-state index in [0.29, 0.717) is 11.2 Å². The van der Waals surface area contributed by atoms with Crippen molar-refractivity contribution >= 4 is 40.7 Å². The molecule has 0 saturated carbocycles. The molecule has 5 N–H and O–H groups in total. The molecule has 0 aliphatic carbocycles. The molecule has 25 heavy (non-hydrogen) atoms. The number of phosphoric ester groups is 1. The highest BCUT2D eigenvalue weighted by molar-refractivity contribution is 9.10. The smallest absolute Gasteiger partial charge is 0.394 e. The molecule has 4 atom stereocenters. The first-order valence-electron chi connectivity index (χ1n) is 6.93. The number of halogens is 1. The molecule has 2 aromatic heterocycles. The van der Waals surface area contributed by atoms with Crippen LogP contribution >= 0.6 is 23.8 Å². The average molecular weight is 440 g/mol. The van der Waals surface area contributed by atoms with E-state index in [4.69, 9.17) is 29.5 Å². The van der Waals surface area contributed by atoms with Crippen molar-refractivity contribution < 1.29 is 33.5 Å². The predicted molar refractivity (Wildman–Crippen MR) is 86.1 cm³/mol. The van der Waals surface area contributed by atoms with Gasteiger partial charge in [0, 0.05) is 7.11 Å². The summed E-state index contributed by atoms with van der Waals surface area (Å²) < 4.78 is 28.8. The minimum Gasteiger partial charge on any atom is -0.394 e. The van der Waals surface area contributed by atoms with Gasteiger partial charge in [0.25, 0.3) is 0 Å². The second-order valence-corrected chi connectivity index (χ2v) is 7.09. The molecule has 0 radical (unpaired) electrons. The molecule has 138 valence electrons. The van der Waals surface area contributed by atoms with E-state index in [1.54, 1.807) is 0 Å². The topological polar surface area (TPSA) is 175 Å².